The predicted octanol–water partition coefficient (Wildman–Crippen LogP) is 5.77. The quantitative estimate of drug-likeness (QED) is 0.564. The average Bonchev–Trinajstić information content (AvgIpc) is 2.75. The molecule has 1 atom stereocenters. The van der Waals surface area contributed by atoms with Crippen molar-refractivity contribution in [3.63, 3.8) is 0 Å². The second-order valence-corrected chi connectivity index (χ2v) is 7.69. The molecule has 3 aromatic rings. The largest absolute Gasteiger partial charge is 0.437 e. The zero-order valence-corrected chi connectivity index (χ0v) is 17.0. The minimum Gasteiger partial charge on any atom is -0.437 e. The first-order valence-electron chi connectivity index (χ1n) is 9.75. The number of cyclic esters (lactones) is 1. The SMILES string of the molecule is O=C1O[C@@](CCO)(c2ccccc2)CCN1c1cccc(-c2ccc(F)cc2Cl)c1. The molecule has 0 bridgehead atoms. The number of halogens is 2. The lowest BCUT2D eigenvalue weighted by Gasteiger charge is -2.41. The summed E-state index contributed by atoms with van der Waals surface area (Å²) in [6, 6.07) is 21.1. The number of anilines is 1. The van der Waals surface area contributed by atoms with Gasteiger partial charge in [0.1, 0.15) is 11.4 Å². The number of carbonyl (C=O) groups is 1. The van der Waals surface area contributed by atoms with Gasteiger partial charge in [-0.3, -0.25) is 4.90 Å². The summed E-state index contributed by atoms with van der Waals surface area (Å²) < 4.78 is 19.3. The van der Waals surface area contributed by atoms with Crippen LogP contribution in [-0.4, -0.2) is 24.4 Å². The van der Waals surface area contributed by atoms with E-state index in [-0.39, 0.29) is 6.61 Å². The van der Waals surface area contributed by atoms with Crippen molar-refractivity contribution in [2.24, 2.45) is 0 Å². The van der Waals surface area contributed by atoms with Crippen molar-refractivity contribution in [2.45, 2.75) is 18.4 Å². The number of benzene rings is 3. The van der Waals surface area contributed by atoms with Crippen molar-refractivity contribution in [2.75, 3.05) is 18.1 Å². The molecule has 1 aliphatic rings. The van der Waals surface area contributed by atoms with Crippen LogP contribution < -0.4 is 4.90 Å². The van der Waals surface area contributed by atoms with Gasteiger partial charge in [-0.05, 0) is 41.5 Å². The number of aliphatic hydroxyl groups is 1. The van der Waals surface area contributed by atoms with Gasteiger partial charge in [0.15, 0.2) is 0 Å². The van der Waals surface area contributed by atoms with Gasteiger partial charge < -0.3 is 9.84 Å². The molecule has 1 saturated heterocycles. The highest BCUT2D eigenvalue weighted by Gasteiger charge is 2.42. The average molecular weight is 426 g/mol. The first-order valence-corrected chi connectivity index (χ1v) is 10.1. The van der Waals surface area contributed by atoms with Crippen LogP contribution in [0.3, 0.4) is 0 Å². The topological polar surface area (TPSA) is 49.8 Å². The van der Waals surface area contributed by atoms with Crippen LogP contribution in [0.15, 0.2) is 72.8 Å². The van der Waals surface area contributed by atoms with Crippen molar-refractivity contribution < 1.29 is 19.0 Å². The molecule has 4 nitrogen and oxygen atoms in total. The molecule has 1 aliphatic heterocycles. The third-order valence-corrected chi connectivity index (χ3v) is 5.77. The lowest BCUT2D eigenvalue weighted by molar-refractivity contribution is -0.0257. The third-order valence-electron chi connectivity index (χ3n) is 5.46. The van der Waals surface area contributed by atoms with Crippen LogP contribution in [0, 0.1) is 5.82 Å². The highest BCUT2D eigenvalue weighted by molar-refractivity contribution is 6.33. The maximum absolute atomic E-state index is 13.4. The van der Waals surface area contributed by atoms with E-state index in [1.807, 2.05) is 54.6 Å². The molecule has 1 heterocycles. The summed E-state index contributed by atoms with van der Waals surface area (Å²) in [5.41, 5.74) is 2.16. The van der Waals surface area contributed by atoms with E-state index in [2.05, 4.69) is 0 Å². The number of carbonyl (C=O) groups excluding carboxylic acids is 1. The van der Waals surface area contributed by atoms with E-state index in [4.69, 9.17) is 16.3 Å². The summed E-state index contributed by atoms with van der Waals surface area (Å²) in [6.45, 7) is 0.356. The highest BCUT2D eigenvalue weighted by atomic mass is 35.5. The van der Waals surface area contributed by atoms with Crippen LogP contribution in [0.5, 0.6) is 0 Å². The van der Waals surface area contributed by atoms with Gasteiger partial charge in [0.25, 0.3) is 0 Å². The number of amides is 1. The Morgan fingerprint density at radius 1 is 1.07 bits per heavy atom. The molecular weight excluding hydrogens is 405 g/mol. The van der Waals surface area contributed by atoms with Crippen LogP contribution in [0.25, 0.3) is 11.1 Å². The Balaban J connectivity index is 1.62. The second kappa shape index (κ2) is 8.46. The van der Waals surface area contributed by atoms with E-state index in [9.17, 15) is 14.3 Å². The van der Waals surface area contributed by atoms with Crippen LogP contribution in [-0.2, 0) is 10.3 Å². The van der Waals surface area contributed by atoms with Gasteiger partial charge >= 0.3 is 6.09 Å². The molecule has 0 aromatic heterocycles. The molecule has 0 spiro atoms. The van der Waals surface area contributed by atoms with Gasteiger partial charge in [-0.25, -0.2) is 9.18 Å². The molecule has 3 aromatic carbocycles. The normalized spacial score (nSPS) is 18.9. The zero-order valence-electron chi connectivity index (χ0n) is 16.2. The minimum atomic E-state index is -0.846. The first-order chi connectivity index (χ1) is 14.5. The molecule has 154 valence electrons. The number of nitrogens with zero attached hydrogens (tertiary/aromatic N) is 1. The Labute approximate surface area is 179 Å². The summed E-state index contributed by atoms with van der Waals surface area (Å²) >= 11 is 6.20. The molecule has 0 unspecified atom stereocenters. The molecule has 0 saturated carbocycles. The van der Waals surface area contributed by atoms with Gasteiger partial charge in [0.05, 0.1) is 5.02 Å². The van der Waals surface area contributed by atoms with E-state index in [1.54, 1.807) is 11.0 Å². The van der Waals surface area contributed by atoms with Gasteiger partial charge in [-0.2, -0.15) is 0 Å². The van der Waals surface area contributed by atoms with Crippen molar-refractivity contribution >= 4 is 23.4 Å². The summed E-state index contributed by atoms with van der Waals surface area (Å²) in [5, 5.41) is 9.88. The maximum atomic E-state index is 13.4. The van der Waals surface area contributed by atoms with Crippen molar-refractivity contribution in [3.8, 4) is 11.1 Å². The maximum Gasteiger partial charge on any atom is 0.415 e. The summed E-state index contributed by atoms with van der Waals surface area (Å²) in [5.74, 6) is -0.402. The Morgan fingerprint density at radius 2 is 1.87 bits per heavy atom. The monoisotopic (exact) mass is 425 g/mol. The van der Waals surface area contributed by atoms with Gasteiger partial charge in [0.2, 0.25) is 0 Å². The molecule has 6 heteroatoms. The summed E-state index contributed by atoms with van der Waals surface area (Å²) in [4.78, 5) is 14.5. The molecular formula is C24H21ClFNO3. The predicted molar refractivity (Wildman–Crippen MR) is 115 cm³/mol. The fourth-order valence-corrected chi connectivity index (χ4v) is 4.18. The van der Waals surface area contributed by atoms with Crippen LogP contribution >= 0.6 is 11.6 Å². The van der Waals surface area contributed by atoms with Crippen molar-refractivity contribution in [1.82, 2.24) is 0 Å². The van der Waals surface area contributed by atoms with E-state index in [1.165, 1.54) is 12.1 Å². The van der Waals surface area contributed by atoms with Gasteiger partial charge in [-0.1, -0.05) is 54.1 Å². The van der Waals surface area contributed by atoms with E-state index < -0.39 is 17.5 Å². The zero-order chi connectivity index (χ0) is 21.1. The van der Waals surface area contributed by atoms with E-state index in [0.717, 1.165) is 11.1 Å². The lowest BCUT2D eigenvalue weighted by atomic mass is 9.86. The number of ether oxygens (including phenoxy) is 1. The smallest absolute Gasteiger partial charge is 0.415 e. The molecule has 4 rings (SSSR count). The second-order valence-electron chi connectivity index (χ2n) is 7.28. The number of hydrogen-bond acceptors (Lipinski definition) is 3. The summed E-state index contributed by atoms with van der Waals surface area (Å²) in [6.07, 6.45) is 0.410. The lowest BCUT2D eigenvalue weighted by Crippen LogP contribution is -2.48. The number of hydrogen-bond donors (Lipinski definition) is 1. The fourth-order valence-electron chi connectivity index (χ4n) is 3.90. The molecule has 1 fully saturated rings. The van der Waals surface area contributed by atoms with Crippen LogP contribution in [0.2, 0.25) is 5.02 Å². The molecule has 1 amide bonds. The Bertz CT molecular complexity index is 1060. The molecule has 0 aliphatic carbocycles. The fraction of sp³-hybridized carbons (Fsp3) is 0.208. The Hall–Kier alpha value is -2.89. The van der Waals surface area contributed by atoms with E-state index in [0.29, 0.717) is 35.7 Å². The van der Waals surface area contributed by atoms with Gasteiger partial charge in [-0.15, -0.1) is 0 Å². The van der Waals surface area contributed by atoms with Crippen LogP contribution in [0.4, 0.5) is 14.9 Å². The third kappa shape index (κ3) is 3.91. The number of rotatable bonds is 5. The standard InChI is InChI=1S/C24H21ClFNO3/c25-22-16-19(26)9-10-21(22)17-5-4-8-20(15-17)27-13-11-24(12-14-28,30-23(27)29)18-6-2-1-3-7-18/h1-10,15-16,28H,11-14H2/t24-/m0/s1. The molecule has 0 radical (unpaired) electrons. The van der Waals surface area contributed by atoms with Crippen LogP contribution in [0.1, 0.15) is 18.4 Å². The minimum absolute atomic E-state index is 0.0826. The first kappa shape index (κ1) is 20.4. The Kier molecular flexibility index (Phi) is 5.75. The molecule has 1 N–H and O–H groups in total. The van der Waals surface area contributed by atoms with Gasteiger partial charge in [0, 0.05) is 37.2 Å². The van der Waals surface area contributed by atoms with E-state index >= 15 is 0 Å². The van der Waals surface area contributed by atoms with Crippen molar-refractivity contribution in [1.29, 1.82) is 0 Å². The molecule has 30 heavy (non-hydrogen) atoms. The Morgan fingerprint density at radius 3 is 2.57 bits per heavy atom. The van der Waals surface area contributed by atoms with Crippen molar-refractivity contribution in [3.05, 3.63) is 89.2 Å². The highest BCUT2D eigenvalue weighted by Crippen LogP contribution is 2.39. The number of aliphatic hydroxyl groups excluding tert-OH is 1. The summed E-state index contributed by atoms with van der Waals surface area (Å²) in [7, 11) is 0.